The molecule has 0 amide bonds. The van der Waals surface area contributed by atoms with Gasteiger partial charge in [-0.2, -0.15) is 0 Å². The number of methoxy groups -OCH3 is 2. The Hall–Kier alpha value is -3.42. The van der Waals surface area contributed by atoms with Gasteiger partial charge < -0.3 is 19.9 Å². The highest BCUT2D eigenvalue weighted by atomic mass is 16.5. The fourth-order valence-electron chi connectivity index (χ4n) is 1.95. The van der Waals surface area contributed by atoms with E-state index in [0.29, 0.717) is 16.6 Å². The molecule has 8 heteroatoms. The molecule has 2 N–H and O–H groups in total. The summed E-state index contributed by atoms with van der Waals surface area (Å²) in [4.78, 5) is 38.4. The Morgan fingerprint density at radius 1 is 1.21 bits per heavy atom. The van der Waals surface area contributed by atoms with Crippen molar-refractivity contribution in [1.29, 1.82) is 0 Å². The highest BCUT2D eigenvalue weighted by Crippen LogP contribution is 2.24. The van der Waals surface area contributed by atoms with E-state index in [-0.39, 0.29) is 11.3 Å². The van der Waals surface area contributed by atoms with Gasteiger partial charge in [0.2, 0.25) is 0 Å². The summed E-state index contributed by atoms with van der Waals surface area (Å²) in [5.41, 5.74) is 0.752. The van der Waals surface area contributed by atoms with E-state index in [1.807, 2.05) is 0 Å². The van der Waals surface area contributed by atoms with Crippen LogP contribution >= 0.6 is 0 Å². The van der Waals surface area contributed by atoms with Crippen LogP contribution in [-0.2, 0) is 19.1 Å². The fraction of sp³-hybridized carbons (Fsp3) is 0.125. The van der Waals surface area contributed by atoms with E-state index in [9.17, 15) is 14.4 Å². The molecule has 8 nitrogen and oxygen atoms in total. The number of carboxylic acids is 1. The number of pyridine rings is 1. The molecule has 1 heterocycles. The predicted molar refractivity (Wildman–Crippen MR) is 84.4 cm³/mol. The molecule has 0 saturated carbocycles. The van der Waals surface area contributed by atoms with Crippen LogP contribution in [0.4, 0.5) is 5.69 Å². The molecule has 0 fully saturated rings. The van der Waals surface area contributed by atoms with Crippen LogP contribution in [0, 0.1) is 0 Å². The van der Waals surface area contributed by atoms with Crippen LogP contribution in [0.3, 0.4) is 0 Å². The number of rotatable bonds is 5. The zero-order valence-electron chi connectivity index (χ0n) is 12.9. The van der Waals surface area contributed by atoms with Crippen LogP contribution in [0.25, 0.3) is 10.9 Å². The number of fused-ring (bicyclic) bond motifs is 1. The average molecular weight is 330 g/mol. The molecule has 0 unspecified atom stereocenters. The van der Waals surface area contributed by atoms with E-state index in [4.69, 9.17) is 5.11 Å². The first-order valence-corrected chi connectivity index (χ1v) is 6.73. The number of esters is 2. The average Bonchev–Trinajstić information content (AvgIpc) is 2.59. The van der Waals surface area contributed by atoms with Gasteiger partial charge >= 0.3 is 17.9 Å². The van der Waals surface area contributed by atoms with Gasteiger partial charge in [0, 0.05) is 17.3 Å². The Balaban J connectivity index is 2.51. The quantitative estimate of drug-likeness (QED) is 0.627. The third-order valence-electron chi connectivity index (χ3n) is 3.11. The van der Waals surface area contributed by atoms with Gasteiger partial charge in [0.05, 0.1) is 31.4 Å². The van der Waals surface area contributed by atoms with Crippen molar-refractivity contribution in [2.45, 2.75) is 0 Å². The van der Waals surface area contributed by atoms with Crippen molar-refractivity contribution in [1.82, 2.24) is 4.98 Å². The lowest BCUT2D eigenvalue weighted by molar-refractivity contribution is -0.138. The first-order valence-electron chi connectivity index (χ1n) is 6.73. The van der Waals surface area contributed by atoms with Crippen molar-refractivity contribution in [2.24, 2.45) is 0 Å². The van der Waals surface area contributed by atoms with Crippen molar-refractivity contribution < 1.29 is 29.0 Å². The summed E-state index contributed by atoms with van der Waals surface area (Å²) in [5, 5.41) is 12.3. The normalized spacial score (nSPS) is 11.0. The largest absolute Gasteiger partial charge is 0.478 e. The number of nitrogens with zero attached hydrogens (tertiary/aromatic N) is 1. The Labute approximate surface area is 136 Å². The van der Waals surface area contributed by atoms with Gasteiger partial charge in [-0.15, -0.1) is 0 Å². The van der Waals surface area contributed by atoms with Crippen molar-refractivity contribution in [3.05, 3.63) is 47.8 Å². The zero-order valence-corrected chi connectivity index (χ0v) is 12.9. The Morgan fingerprint density at radius 3 is 2.58 bits per heavy atom. The number of aromatic carboxylic acids is 1. The van der Waals surface area contributed by atoms with Gasteiger partial charge in [0.15, 0.2) is 0 Å². The number of nitrogens with one attached hydrogen (secondary N) is 1. The third kappa shape index (κ3) is 3.67. The Bertz CT molecular complexity index is 844. The van der Waals surface area contributed by atoms with E-state index < -0.39 is 17.9 Å². The Kier molecular flexibility index (Phi) is 5.10. The standard InChI is InChI=1S/C16H14N2O6/c1-23-14(19)7-13(16(22)24-2)18-12-5-3-4-11-10(12)6-9(8-17-11)15(20)21/h3-8,18H,1-2H3,(H,20,21)/b13-7+. The molecule has 0 aliphatic rings. The molecule has 0 aliphatic heterocycles. The Morgan fingerprint density at radius 2 is 1.96 bits per heavy atom. The monoisotopic (exact) mass is 330 g/mol. The van der Waals surface area contributed by atoms with Crippen LogP contribution in [0.1, 0.15) is 10.4 Å². The molecule has 2 aromatic rings. The van der Waals surface area contributed by atoms with Gasteiger partial charge in [-0.3, -0.25) is 4.98 Å². The molecule has 1 aromatic carbocycles. The van der Waals surface area contributed by atoms with Gasteiger partial charge in [-0.25, -0.2) is 14.4 Å². The van der Waals surface area contributed by atoms with Gasteiger partial charge in [-0.1, -0.05) is 6.07 Å². The molecule has 0 atom stereocenters. The minimum atomic E-state index is -1.13. The molecule has 0 aliphatic carbocycles. The number of carbonyl (C=O) groups is 3. The van der Waals surface area contributed by atoms with Crippen LogP contribution in [0.5, 0.6) is 0 Å². The van der Waals surface area contributed by atoms with E-state index in [2.05, 4.69) is 19.8 Å². The summed E-state index contributed by atoms with van der Waals surface area (Å²) < 4.78 is 9.11. The van der Waals surface area contributed by atoms with E-state index in [1.54, 1.807) is 18.2 Å². The molecule has 0 spiro atoms. The SMILES string of the molecule is COC(=O)/C=C(/Nc1cccc2ncc(C(=O)O)cc12)C(=O)OC. The van der Waals surface area contributed by atoms with Crippen LogP contribution in [0.2, 0.25) is 0 Å². The van der Waals surface area contributed by atoms with Crippen molar-refractivity contribution >= 4 is 34.5 Å². The second kappa shape index (κ2) is 7.23. The molecule has 0 saturated heterocycles. The fourth-order valence-corrected chi connectivity index (χ4v) is 1.95. The van der Waals surface area contributed by atoms with E-state index in [0.717, 1.165) is 6.08 Å². The van der Waals surface area contributed by atoms with E-state index in [1.165, 1.54) is 26.5 Å². The van der Waals surface area contributed by atoms with Crippen LogP contribution in [-0.4, -0.2) is 42.2 Å². The van der Waals surface area contributed by atoms with Gasteiger partial charge in [0.1, 0.15) is 5.70 Å². The number of aromatic nitrogens is 1. The maximum absolute atomic E-state index is 11.8. The lowest BCUT2D eigenvalue weighted by Crippen LogP contribution is -2.15. The molecule has 0 radical (unpaired) electrons. The number of carboxylic acid groups (broad SMARTS) is 1. The van der Waals surface area contributed by atoms with Crippen LogP contribution in [0.15, 0.2) is 42.2 Å². The van der Waals surface area contributed by atoms with E-state index >= 15 is 0 Å². The highest BCUT2D eigenvalue weighted by Gasteiger charge is 2.15. The molecule has 0 bridgehead atoms. The number of benzene rings is 1. The summed E-state index contributed by atoms with van der Waals surface area (Å²) in [6.45, 7) is 0. The second-order valence-electron chi connectivity index (χ2n) is 4.60. The van der Waals surface area contributed by atoms with Gasteiger partial charge in [0.25, 0.3) is 0 Å². The third-order valence-corrected chi connectivity index (χ3v) is 3.11. The topological polar surface area (TPSA) is 115 Å². The lowest BCUT2D eigenvalue weighted by Gasteiger charge is -2.11. The first kappa shape index (κ1) is 16.9. The second-order valence-corrected chi connectivity index (χ2v) is 4.60. The molecular formula is C16H14N2O6. The maximum atomic E-state index is 11.8. The summed E-state index contributed by atoms with van der Waals surface area (Å²) in [7, 11) is 2.34. The summed E-state index contributed by atoms with van der Waals surface area (Å²) in [5.74, 6) is -2.65. The van der Waals surface area contributed by atoms with Crippen LogP contribution < -0.4 is 5.32 Å². The number of carbonyl (C=O) groups excluding carboxylic acids is 2. The lowest BCUT2D eigenvalue weighted by atomic mass is 10.1. The summed E-state index contributed by atoms with van der Waals surface area (Å²) in [6, 6.07) is 6.39. The van der Waals surface area contributed by atoms with Crippen molar-refractivity contribution in [3.63, 3.8) is 0 Å². The smallest absolute Gasteiger partial charge is 0.354 e. The first-order chi connectivity index (χ1) is 11.5. The number of hydrogen-bond donors (Lipinski definition) is 2. The summed E-state index contributed by atoms with van der Waals surface area (Å²) in [6.07, 6.45) is 2.18. The minimum absolute atomic E-state index is 0.00619. The number of ether oxygens (including phenoxy) is 2. The maximum Gasteiger partial charge on any atom is 0.354 e. The summed E-state index contributed by atoms with van der Waals surface area (Å²) >= 11 is 0. The molecule has 24 heavy (non-hydrogen) atoms. The van der Waals surface area contributed by atoms with Crippen molar-refractivity contribution in [2.75, 3.05) is 19.5 Å². The number of hydrogen-bond acceptors (Lipinski definition) is 7. The van der Waals surface area contributed by atoms with Gasteiger partial charge in [-0.05, 0) is 18.2 Å². The minimum Gasteiger partial charge on any atom is -0.478 e. The number of anilines is 1. The van der Waals surface area contributed by atoms with Crippen molar-refractivity contribution in [3.8, 4) is 0 Å². The molecule has 2 rings (SSSR count). The molecule has 124 valence electrons. The highest BCUT2D eigenvalue weighted by molar-refractivity contribution is 6.03. The molecular weight excluding hydrogens is 316 g/mol. The predicted octanol–water partition coefficient (Wildman–Crippen LogP) is 1.57. The zero-order chi connectivity index (χ0) is 17.7. The molecule has 1 aromatic heterocycles.